The lowest BCUT2D eigenvalue weighted by molar-refractivity contribution is -0.145. The molecular formula is C66H93N11O15. The quantitative estimate of drug-likeness (QED) is 0.0288. The van der Waals surface area contributed by atoms with E-state index in [0.717, 1.165) is 17.1 Å². The van der Waals surface area contributed by atoms with Gasteiger partial charge in [-0.25, -0.2) is 4.79 Å². The first-order valence-corrected chi connectivity index (χ1v) is 30.8. The van der Waals surface area contributed by atoms with E-state index in [9.17, 15) is 57.8 Å². The molecule has 0 aliphatic carbocycles. The van der Waals surface area contributed by atoms with Crippen LogP contribution in [0, 0.1) is 17.8 Å². The number of hydrogen-bond acceptors (Lipinski definition) is 15. The van der Waals surface area contributed by atoms with Crippen molar-refractivity contribution in [1.82, 2.24) is 41.3 Å². The minimum atomic E-state index is -1.04. The molecule has 3 aromatic rings. The normalized spacial score (nSPS) is 15.3. The Hall–Kier alpha value is -9.01. The van der Waals surface area contributed by atoms with Crippen LogP contribution >= 0.6 is 0 Å². The second-order valence-corrected chi connectivity index (χ2v) is 23.3. The highest BCUT2D eigenvalue weighted by molar-refractivity contribution is 6.04. The number of nitrogens with one attached hydrogen (secondary N) is 8. The molecule has 0 radical (unpaired) electrons. The van der Waals surface area contributed by atoms with Crippen LogP contribution in [0.3, 0.4) is 0 Å². The minimum Gasteiger partial charge on any atom is -0.445 e. The van der Waals surface area contributed by atoms with E-state index in [0.29, 0.717) is 42.6 Å². The van der Waals surface area contributed by atoms with Crippen molar-refractivity contribution >= 4 is 82.2 Å². The van der Waals surface area contributed by atoms with E-state index >= 15 is 0 Å². The van der Waals surface area contributed by atoms with Crippen LogP contribution in [-0.2, 0) is 64.0 Å². The van der Waals surface area contributed by atoms with Crippen molar-refractivity contribution in [2.45, 2.75) is 142 Å². The van der Waals surface area contributed by atoms with Gasteiger partial charge in [-0.3, -0.25) is 52.8 Å². The predicted octanol–water partition coefficient (Wildman–Crippen LogP) is 4.57. The van der Waals surface area contributed by atoms with E-state index in [1.807, 2.05) is 25.1 Å². The molecule has 92 heavy (non-hydrogen) atoms. The van der Waals surface area contributed by atoms with Gasteiger partial charge in [0.15, 0.2) is 0 Å². The zero-order chi connectivity index (χ0) is 68.4. The fourth-order valence-electron chi connectivity index (χ4n) is 10.8. The zero-order valence-corrected chi connectivity index (χ0v) is 54.6. The summed E-state index contributed by atoms with van der Waals surface area (Å²) in [5, 5.41) is 32.1. The van der Waals surface area contributed by atoms with Crippen molar-refractivity contribution in [1.29, 1.82) is 0 Å². The Balaban J connectivity index is 1.21. The highest BCUT2D eigenvalue weighted by atomic mass is 16.6. The highest BCUT2D eigenvalue weighted by Gasteiger charge is 2.42. The molecule has 9 atom stereocenters. The molecule has 1 aliphatic rings. The molecule has 1 fully saturated rings. The Bertz CT molecular complexity index is 3010. The fourth-order valence-corrected chi connectivity index (χ4v) is 10.8. The number of carbonyl (C=O) groups is 11. The number of nitrogens with zero attached hydrogens (tertiary/aromatic N) is 3. The van der Waals surface area contributed by atoms with Crippen molar-refractivity contribution in [3.63, 3.8) is 0 Å². The van der Waals surface area contributed by atoms with Crippen LogP contribution in [-0.4, -0.2) is 182 Å². The van der Waals surface area contributed by atoms with Crippen molar-refractivity contribution < 1.29 is 72.1 Å². The minimum absolute atomic E-state index is 0.0574. The zero-order valence-electron chi connectivity index (χ0n) is 54.6. The number of likely N-dealkylation sites (tertiary alicyclic amines) is 1. The Labute approximate surface area is 538 Å². The standard InChI is InChI=1S/C66H93N11O15/c1-14-49(51(90-12)35-56(82)77-31-21-24-50(77)61(91-13)41(8)62(85)70-42(9)60(84)44-22-18-17-19-23-44)75(10)57(83)37-69-65(88)59(40(6)7)76(11)66(89)92-38-43-26-28-46(29-27-43)71-55(81)36-68-64(87)58(39(4)5)74-54(80)25-20-30-67-63(86)45-32-47(72-52(78)15-2)34-48(33-45)73-53(79)16-3/h15-19,22-23,26-29,32-34,39-42,49-51,58-61,84H,2-3,14,20-21,24-25,30-31,35-38H2,1,4-13H3,(H,67,86)(H,68,87)(H,69,88)(H,70,85)(H,71,81)(H,72,78)(H,73,79)(H,74,80)/t41-,42-,49+,50+,51-,58?,59?,60-,61-/m1/s1. The molecule has 1 saturated heterocycles. The van der Waals surface area contributed by atoms with Gasteiger partial charge in [-0.2, -0.15) is 0 Å². The topological polar surface area (TPSA) is 342 Å². The lowest BCUT2D eigenvalue weighted by Crippen LogP contribution is -2.54. The van der Waals surface area contributed by atoms with Gasteiger partial charge < -0.3 is 71.7 Å². The molecule has 26 nitrogen and oxygen atoms in total. The number of methoxy groups -OCH3 is 2. The van der Waals surface area contributed by atoms with Gasteiger partial charge in [0.1, 0.15) is 18.7 Å². The number of amides is 11. The first kappa shape index (κ1) is 75.4. The summed E-state index contributed by atoms with van der Waals surface area (Å²) in [6.07, 6.45) is 0.707. The monoisotopic (exact) mass is 1280 g/mol. The van der Waals surface area contributed by atoms with Gasteiger partial charge in [0, 0.05) is 70.5 Å². The lowest BCUT2D eigenvalue weighted by atomic mass is 9.93. The number of likely N-dealkylation sites (N-methyl/N-ethyl adjacent to an activating group) is 2. The number of benzene rings is 3. The fraction of sp³-hybridized carbons (Fsp3) is 0.500. The van der Waals surface area contributed by atoms with Crippen LogP contribution in [0.5, 0.6) is 0 Å². The van der Waals surface area contributed by atoms with E-state index in [1.54, 1.807) is 89.9 Å². The molecule has 26 heteroatoms. The molecular weight excluding hydrogens is 1190 g/mol. The maximum atomic E-state index is 14.1. The summed E-state index contributed by atoms with van der Waals surface area (Å²) in [5.74, 6) is -6.33. The Morgan fingerprint density at radius 3 is 1.89 bits per heavy atom. The van der Waals surface area contributed by atoms with Crippen LogP contribution < -0.4 is 42.5 Å². The van der Waals surface area contributed by atoms with E-state index < -0.39 is 127 Å². The van der Waals surface area contributed by atoms with Crippen molar-refractivity contribution in [2.75, 3.05) is 70.4 Å². The number of aliphatic hydroxyl groups excluding tert-OH is 1. The Morgan fingerprint density at radius 1 is 0.707 bits per heavy atom. The van der Waals surface area contributed by atoms with Gasteiger partial charge in [-0.05, 0) is 98.1 Å². The van der Waals surface area contributed by atoms with Crippen LogP contribution in [0.1, 0.15) is 115 Å². The molecule has 1 aliphatic heterocycles. The summed E-state index contributed by atoms with van der Waals surface area (Å²) in [4.78, 5) is 149. The summed E-state index contributed by atoms with van der Waals surface area (Å²) in [6.45, 7) is 18.5. The number of carbonyl (C=O) groups excluding carboxylic acids is 11. The first-order chi connectivity index (χ1) is 43.7. The van der Waals surface area contributed by atoms with Gasteiger partial charge in [-0.15, -0.1) is 0 Å². The molecule has 0 bridgehead atoms. The summed E-state index contributed by atoms with van der Waals surface area (Å²) in [7, 11) is 5.94. The van der Waals surface area contributed by atoms with Crippen molar-refractivity contribution in [3.05, 3.63) is 115 Å². The average molecular weight is 1280 g/mol. The Morgan fingerprint density at radius 2 is 1.33 bits per heavy atom. The molecule has 9 N–H and O–H groups in total. The van der Waals surface area contributed by atoms with Gasteiger partial charge in [0.05, 0.1) is 61.9 Å². The molecule has 502 valence electrons. The van der Waals surface area contributed by atoms with Crippen LogP contribution in [0.4, 0.5) is 21.9 Å². The third kappa shape index (κ3) is 22.7. The number of hydrogen-bond donors (Lipinski definition) is 9. The largest absolute Gasteiger partial charge is 0.445 e. The SMILES string of the molecule is C=CC(=O)Nc1cc(NC(=O)C=C)cc(C(=O)NCCCC(=O)NC(C(=O)NCC(=O)Nc2ccc(COC(=O)N(C)C(C(=O)NCC(=O)N(C)[C@@H](CC)[C@@H](CC(=O)N3CCC[C@H]3[C@H](OC)[C@@H](C)C(=O)N[C@H](C)[C@@H](O)c3ccccc3)OC)C(C)C)cc2)C(C)C)c1. The number of rotatable bonds is 35. The number of ether oxygens (including phenoxy) is 3. The second kappa shape index (κ2) is 37.4. The van der Waals surface area contributed by atoms with Gasteiger partial charge >= 0.3 is 6.09 Å². The highest BCUT2D eigenvalue weighted by Crippen LogP contribution is 2.29. The summed E-state index contributed by atoms with van der Waals surface area (Å²) in [5.41, 5.74) is 2.14. The molecule has 11 amide bonds. The van der Waals surface area contributed by atoms with E-state index in [1.165, 1.54) is 44.4 Å². The van der Waals surface area contributed by atoms with Crippen LogP contribution in [0.25, 0.3) is 0 Å². The Kier molecular flexibility index (Phi) is 30.6. The van der Waals surface area contributed by atoms with Crippen LogP contribution in [0.2, 0.25) is 0 Å². The smallest absolute Gasteiger partial charge is 0.410 e. The summed E-state index contributed by atoms with van der Waals surface area (Å²) < 4.78 is 17.3. The lowest BCUT2D eigenvalue weighted by Gasteiger charge is -2.37. The van der Waals surface area contributed by atoms with Crippen LogP contribution in [0.15, 0.2) is 98.1 Å². The molecule has 2 unspecified atom stereocenters. The van der Waals surface area contributed by atoms with Gasteiger partial charge in [0.2, 0.25) is 53.2 Å². The molecule has 4 rings (SSSR count). The third-order valence-corrected chi connectivity index (χ3v) is 15.9. The molecule has 1 heterocycles. The maximum absolute atomic E-state index is 14.1. The van der Waals surface area contributed by atoms with E-state index in [-0.39, 0.29) is 67.1 Å². The molecule has 0 aromatic heterocycles. The number of aliphatic hydroxyl groups is 1. The van der Waals surface area contributed by atoms with Crippen molar-refractivity contribution in [2.24, 2.45) is 17.8 Å². The first-order valence-electron chi connectivity index (χ1n) is 30.8. The summed E-state index contributed by atoms with van der Waals surface area (Å²) >= 11 is 0. The number of anilines is 3. The second-order valence-electron chi connectivity index (χ2n) is 23.3. The third-order valence-electron chi connectivity index (χ3n) is 15.9. The molecule has 0 saturated carbocycles. The summed E-state index contributed by atoms with van der Waals surface area (Å²) in [6, 6.07) is 16.0. The van der Waals surface area contributed by atoms with Gasteiger partial charge in [0.25, 0.3) is 5.91 Å². The van der Waals surface area contributed by atoms with Crippen molar-refractivity contribution in [3.8, 4) is 0 Å². The average Bonchev–Trinajstić information content (AvgIpc) is 1.63. The molecule has 0 spiro atoms. The predicted molar refractivity (Wildman–Crippen MR) is 346 cm³/mol. The van der Waals surface area contributed by atoms with Gasteiger partial charge in [-0.1, -0.05) is 97.2 Å². The van der Waals surface area contributed by atoms with E-state index in [4.69, 9.17) is 14.2 Å². The maximum Gasteiger partial charge on any atom is 0.410 e. The van der Waals surface area contributed by atoms with E-state index in [2.05, 4.69) is 55.7 Å². The molecule has 3 aromatic carbocycles.